The lowest BCUT2D eigenvalue weighted by molar-refractivity contribution is 0.0318. The summed E-state index contributed by atoms with van der Waals surface area (Å²) in [6.07, 6.45) is -1.31. The molecule has 1 heterocycles. The Kier molecular flexibility index (Phi) is 6.42. The molecule has 0 radical (unpaired) electrons. The number of rotatable bonds is 7. The molecule has 0 spiro atoms. The highest BCUT2D eigenvalue weighted by Crippen LogP contribution is 2.30. The van der Waals surface area contributed by atoms with E-state index in [0.29, 0.717) is 18.0 Å². The van der Waals surface area contributed by atoms with Crippen molar-refractivity contribution in [2.24, 2.45) is 0 Å². The minimum Gasteiger partial charge on any atom is -0.494 e. The van der Waals surface area contributed by atoms with Crippen LogP contribution in [0.2, 0.25) is 0 Å². The number of anilines is 1. The van der Waals surface area contributed by atoms with Crippen LogP contribution < -0.4 is 9.64 Å². The summed E-state index contributed by atoms with van der Waals surface area (Å²) in [7, 11) is 0. The SMILES string of the molecule is CCOc1ccc(N2C(=O)c3ccc(C(=O)O[C@@H](C)C(=O)c4ccc(F)c(F)c4)cc3C2=O)cc1. The van der Waals surface area contributed by atoms with Gasteiger partial charge in [0.1, 0.15) is 5.75 Å². The van der Waals surface area contributed by atoms with Gasteiger partial charge < -0.3 is 9.47 Å². The quantitative estimate of drug-likeness (QED) is 0.280. The maximum atomic E-state index is 13.4. The number of nitrogens with zero attached hydrogens (tertiary/aromatic N) is 1. The number of carbonyl (C=O) groups excluding carboxylic acids is 4. The largest absolute Gasteiger partial charge is 0.494 e. The Hall–Kier alpha value is -4.40. The number of ether oxygens (including phenoxy) is 2. The molecule has 35 heavy (non-hydrogen) atoms. The number of ketones is 1. The van der Waals surface area contributed by atoms with Crippen LogP contribution in [0, 0.1) is 11.6 Å². The molecule has 0 fully saturated rings. The third-order valence-electron chi connectivity index (χ3n) is 5.39. The second-order valence-corrected chi connectivity index (χ2v) is 7.67. The predicted molar refractivity (Wildman–Crippen MR) is 121 cm³/mol. The van der Waals surface area contributed by atoms with E-state index in [-0.39, 0.29) is 22.3 Å². The van der Waals surface area contributed by atoms with Gasteiger partial charge in [-0.05, 0) is 74.5 Å². The fourth-order valence-electron chi connectivity index (χ4n) is 3.63. The van der Waals surface area contributed by atoms with E-state index in [0.717, 1.165) is 23.1 Å². The van der Waals surface area contributed by atoms with Crippen molar-refractivity contribution < 1.29 is 37.4 Å². The maximum absolute atomic E-state index is 13.4. The van der Waals surface area contributed by atoms with Crippen molar-refractivity contribution in [3.63, 3.8) is 0 Å². The van der Waals surface area contributed by atoms with E-state index in [1.165, 1.54) is 25.1 Å². The molecule has 2 amide bonds. The third kappa shape index (κ3) is 4.52. The number of esters is 1. The lowest BCUT2D eigenvalue weighted by atomic mass is 10.1. The summed E-state index contributed by atoms with van der Waals surface area (Å²) in [5, 5.41) is 0. The van der Waals surface area contributed by atoms with Crippen molar-refractivity contribution in [2.45, 2.75) is 20.0 Å². The first-order valence-corrected chi connectivity index (χ1v) is 10.7. The molecule has 1 atom stereocenters. The van der Waals surface area contributed by atoms with Crippen LogP contribution in [-0.4, -0.2) is 36.3 Å². The van der Waals surface area contributed by atoms with Gasteiger partial charge in [0.2, 0.25) is 5.78 Å². The van der Waals surface area contributed by atoms with Crippen molar-refractivity contribution in [2.75, 3.05) is 11.5 Å². The summed E-state index contributed by atoms with van der Waals surface area (Å²) in [5.41, 5.74) is 0.257. The first kappa shape index (κ1) is 23.7. The second kappa shape index (κ2) is 9.46. The molecule has 3 aromatic carbocycles. The number of imide groups is 1. The second-order valence-electron chi connectivity index (χ2n) is 7.67. The molecule has 0 saturated carbocycles. The van der Waals surface area contributed by atoms with Crippen LogP contribution in [0.25, 0.3) is 0 Å². The van der Waals surface area contributed by atoms with E-state index < -0.39 is 41.3 Å². The van der Waals surface area contributed by atoms with Gasteiger partial charge in [-0.3, -0.25) is 14.4 Å². The van der Waals surface area contributed by atoms with Gasteiger partial charge in [0.05, 0.1) is 29.0 Å². The fourth-order valence-corrected chi connectivity index (χ4v) is 3.63. The van der Waals surface area contributed by atoms with Crippen molar-refractivity contribution >= 4 is 29.3 Å². The summed E-state index contributed by atoms with van der Waals surface area (Å²) in [6.45, 7) is 3.59. The first-order valence-electron chi connectivity index (χ1n) is 10.7. The third-order valence-corrected chi connectivity index (χ3v) is 5.39. The highest BCUT2D eigenvalue weighted by atomic mass is 19.2. The molecule has 0 aromatic heterocycles. The van der Waals surface area contributed by atoms with Crippen LogP contribution >= 0.6 is 0 Å². The van der Waals surface area contributed by atoms with Gasteiger partial charge in [0, 0.05) is 5.56 Å². The van der Waals surface area contributed by atoms with Gasteiger partial charge in [-0.1, -0.05) is 0 Å². The molecular weight excluding hydrogens is 460 g/mol. The number of amides is 2. The Bertz CT molecular complexity index is 1350. The number of halogens is 2. The van der Waals surface area contributed by atoms with E-state index in [2.05, 4.69) is 0 Å². The van der Waals surface area contributed by atoms with E-state index in [4.69, 9.17) is 9.47 Å². The van der Waals surface area contributed by atoms with Crippen LogP contribution in [0.1, 0.15) is 55.3 Å². The zero-order valence-corrected chi connectivity index (χ0v) is 18.7. The lowest BCUT2D eigenvalue weighted by Gasteiger charge is -2.14. The topological polar surface area (TPSA) is 90.0 Å². The summed E-state index contributed by atoms with van der Waals surface area (Å²) in [4.78, 5) is 51.9. The van der Waals surface area contributed by atoms with Crippen LogP contribution in [0.4, 0.5) is 14.5 Å². The molecule has 0 bridgehead atoms. The fraction of sp³-hybridized carbons (Fsp3) is 0.154. The van der Waals surface area contributed by atoms with Crippen LogP contribution in [-0.2, 0) is 4.74 Å². The molecule has 178 valence electrons. The zero-order chi connectivity index (χ0) is 25.3. The minimum absolute atomic E-state index is 0.0120. The molecule has 7 nitrogen and oxygen atoms in total. The summed E-state index contributed by atoms with van der Waals surface area (Å²) in [6, 6.07) is 12.9. The summed E-state index contributed by atoms with van der Waals surface area (Å²) in [5.74, 6) is -4.53. The Labute approximate surface area is 198 Å². The first-order chi connectivity index (χ1) is 16.7. The molecule has 9 heteroatoms. The number of hydrogen-bond acceptors (Lipinski definition) is 6. The average molecular weight is 479 g/mol. The van der Waals surface area contributed by atoms with Gasteiger partial charge in [-0.2, -0.15) is 0 Å². The van der Waals surface area contributed by atoms with E-state index in [1.54, 1.807) is 24.3 Å². The smallest absolute Gasteiger partial charge is 0.338 e. The highest BCUT2D eigenvalue weighted by molar-refractivity contribution is 6.34. The Morgan fingerprint density at radius 1 is 0.857 bits per heavy atom. The van der Waals surface area contributed by atoms with Gasteiger partial charge in [-0.15, -0.1) is 0 Å². The highest BCUT2D eigenvalue weighted by Gasteiger charge is 2.37. The predicted octanol–water partition coefficient (Wildman–Crippen LogP) is 4.59. The van der Waals surface area contributed by atoms with Crippen LogP contribution in [0.15, 0.2) is 60.7 Å². The molecule has 4 rings (SSSR count). The van der Waals surface area contributed by atoms with Crippen molar-refractivity contribution in [1.82, 2.24) is 0 Å². The number of hydrogen-bond donors (Lipinski definition) is 0. The molecule has 0 saturated heterocycles. The van der Waals surface area contributed by atoms with Gasteiger partial charge in [0.15, 0.2) is 17.7 Å². The molecular formula is C26H19F2NO6. The van der Waals surface area contributed by atoms with Crippen molar-refractivity contribution in [3.8, 4) is 5.75 Å². The standard InChI is InChI=1S/C26H19F2NO6/c1-3-34-18-8-6-17(7-9-18)29-24(31)19-10-4-16(12-20(19)25(29)32)26(33)35-14(2)23(30)15-5-11-21(27)22(28)13-15/h4-14H,3H2,1-2H3/t14-/m0/s1. The normalized spacial score (nSPS) is 13.4. The Morgan fingerprint density at radius 2 is 1.51 bits per heavy atom. The van der Waals surface area contributed by atoms with E-state index in [1.807, 2.05) is 6.92 Å². The van der Waals surface area contributed by atoms with E-state index >= 15 is 0 Å². The van der Waals surface area contributed by atoms with Crippen molar-refractivity contribution in [1.29, 1.82) is 0 Å². The summed E-state index contributed by atoms with van der Waals surface area (Å²) >= 11 is 0. The lowest BCUT2D eigenvalue weighted by Crippen LogP contribution is -2.29. The number of Topliss-reactive ketones (excluding diaryl/α,β-unsaturated/α-hetero) is 1. The van der Waals surface area contributed by atoms with Gasteiger partial charge in [0.25, 0.3) is 11.8 Å². The van der Waals surface area contributed by atoms with Crippen molar-refractivity contribution in [3.05, 3.63) is 94.6 Å². The minimum atomic E-state index is -1.31. The number of carbonyl (C=O) groups is 4. The average Bonchev–Trinajstić information content (AvgIpc) is 3.10. The zero-order valence-electron chi connectivity index (χ0n) is 18.7. The molecule has 3 aromatic rings. The van der Waals surface area contributed by atoms with Gasteiger partial charge in [-0.25, -0.2) is 18.5 Å². The monoisotopic (exact) mass is 479 g/mol. The van der Waals surface area contributed by atoms with E-state index in [9.17, 15) is 28.0 Å². The van der Waals surface area contributed by atoms with Crippen LogP contribution in [0.5, 0.6) is 5.75 Å². The number of fused-ring (bicyclic) bond motifs is 1. The summed E-state index contributed by atoms with van der Waals surface area (Å²) < 4.78 is 37.1. The number of benzene rings is 3. The Morgan fingerprint density at radius 3 is 2.17 bits per heavy atom. The van der Waals surface area contributed by atoms with Crippen LogP contribution in [0.3, 0.4) is 0 Å². The molecule has 1 aliphatic heterocycles. The molecule has 0 aliphatic carbocycles. The van der Waals surface area contributed by atoms with Gasteiger partial charge >= 0.3 is 5.97 Å². The molecule has 1 aliphatic rings. The Balaban J connectivity index is 1.51. The molecule has 0 N–H and O–H groups in total. The molecule has 0 unspecified atom stereocenters. The maximum Gasteiger partial charge on any atom is 0.338 e.